The normalized spacial score (nSPS) is 17.8. The van der Waals surface area contributed by atoms with Crippen molar-refractivity contribution >= 4 is 40.2 Å². The van der Waals surface area contributed by atoms with Crippen LogP contribution in [0.3, 0.4) is 0 Å². The fourth-order valence-corrected chi connectivity index (χ4v) is 3.88. The molecule has 2 rings (SSSR count). The number of amides is 3. The van der Waals surface area contributed by atoms with Gasteiger partial charge in [-0.2, -0.15) is 13.2 Å². The fourth-order valence-electron chi connectivity index (χ4n) is 2.81. The zero-order valence-electron chi connectivity index (χ0n) is 17.0. The number of alkyl halides is 3. The second-order valence-electron chi connectivity index (χ2n) is 7.62. The van der Waals surface area contributed by atoms with Gasteiger partial charge in [0.15, 0.2) is 10.8 Å². The zero-order valence-corrected chi connectivity index (χ0v) is 18.6. The summed E-state index contributed by atoms with van der Waals surface area (Å²) < 4.78 is 48.5. The van der Waals surface area contributed by atoms with E-state index in [-0.39, 0.29) is 24.8 Å². The molecule has 1 aliphatic rings. The molecule has 0 aromatic carbocycles. The van der Waals surface area contributed by atoms with Gasteiger partial charge in [0.25, 0.3) is 0 Å². The van der Waals surface area contributed by atoms with E-state index in [1.54, 1.807) is 20.8 Å². The van der Waals surface area contributed by atoms with Crippen LogP contribution < -0.4 is 5.32 Å². The third kappa shape index (κ3) is 6.61. The van der Waals surface area contributed by atoms with Crippen molar-refractivity contribution < 1.29 is 32.2 Å². The van der Waals surface area contributed by atoms with Gasteiger partial charge in [0, 0.05) is 33.4 Å². The highest BCUT2D eigenvalue weighted by atomic mass is 35.5. The van der Waals surface area contributed by atoms with Crippen LogP contribution in [0.5, 0.6) is 0 Å². The molecule has 2 heterocycles. The average Bonchev–Trinajstić information content (AvgIpc) is 2.98. The van der Waals surface area contributed by atoms with Crippen LogP contribution in [0.2, 0.25) is 4.34 Å². The predicted octanol–water partition coefficient (Wildman–Crippen LogP) is 4.31. The van der Waals surface area contributed by atoms with Crippen LogP contribution in [0.25, 0.3) is 0 Å². The molecule has 30 heavy (non-hydrogen) atoms. The molecule has 0 radical (unpaired) electrons. The van der Waals surface area contributed by atoms with E-state index >= 15 is 0 Å². The molecule has 0 aliphatic carbocycles. The number of carbonyl (C=O) groups excluding carboxylic acids is 2. The van der Waals surface area contributed by atoms with E-state index in [2.05, 4.69) is 10.3 Å². The summed E-state index contributed by atoms with van der Waals surface area (Å²) in [5, 5.41) is 2.12. The SMILES string of the molecule is COCCC1CN(C(=O)OC(C)(C)C)CCN1C(=O)Nc1nc(C(F)(F)F)c(Cl)s1. The van der Waals surface area contributed by atoms with E-state index < -0.39 is 40.0 Å². The molecule has 1 atom stereocenters. The molecule has 1 aromatic rings. The molecule has 1 N–H and O–H groups in total. The summed E-state index contributed by atoms with van der Waals surface area (Å²) in [5.74, 6) is 0. The highest BCUT2D eigenvalue weighted by Gasteiger charge is 2.38. The molecule has 1 aliphatic heterocycles. The Balaban J connectivity index is 2.09. The molecule has 8 nitrogen and oxygen atoms in total. The van der Waals surface area contributed by atoms with Gasteiger partial charge < -0.3 is 19.3 Å². The van der Waals surface area contributed by atoms with Crippen molar-refractivity contribution in [3.63, 3.8) is 0 Å². The minimum Gasteiger partial charge on any atom is -0.444 e. The van der Waals surface area contributed by atoms with Crippen LogP contribution in [0.4, 0.5) is 27.9 Å². The van der Waals surface area contributed by atoms with Gasteiger partial charge >= 0.3 is 18.3 Å². The molecule has 3 amide bonds. The van der Waals surface area contributed by atoms with Gasteiger partial charge in [-0.15, -0.1) is 0 Å². The number of rotatable bonds is 4. The lowest BCUT2D eigenvalue weighted by atomic mass is 10.1. The summed E-state index contributed by atoms with van der Waals surface area (Å²) in [6.07, 6.45) is -4.78. The first-order chi connectivity index (χ1) is 13.8. The summed E-state index contributed by atoms with van der Waals surface area (Å²) in [6.45, 7) is 6.20. The summed E-state index contributed by atoms with van der Waals surface area (Å²) in [6, 6.07) is -1.04. The summed E-state index contributed by atoms with van der Waals surface area (Å²) >= 11 is 6.13. The van der Waals surface area contributed by atoms with E-state index in [1.165, 1.54) is 16.9 Å². The van der Waals surface area contributed by atoms with Crippen LogP contribution in [0.1, 0.15) is 32.9 Å². The number of anilines is 1. The van der Waals surface area contributed by atoms with Crippen molar-refractivity contribution in [2.75, 3.05) is 38.7 Å². The van der Waals surface area contributed by atoms with E-state index in [9.17, 15) is 22.8 Å². The van der Waals surface area contributed by atoms with Gasteiger partial charge in [-0.05, 0) is 27.2 Å². The number of halogens is 4. The van der Waals surface area contributed by atoms with Crippen molar-refractivity contribution in [1.82, 2.24) is 14.8 Å². The molecular weight excluding hydrogens is 449 g/mol. The molecule has 1 unspecified atom stereocenters. The van der Waals surface area contributed by atoms with E-state index in [4.69, 9.17) is 21.1 Å². The number of piperazine rings is 1. The Morgan fingerprint density at radius 1 is 1.30 bits per heavy atom. The Morgan fingerprint density at radius 3 is 2.50 bits per heavy atom. The standard InChI is InChI=1S/C17H24ClF3N4O4S/c1-16(2,3)29-15(27)24-6-7-25(10(9-24)5-8-28-4)14(26)23-13-22-11(12(18)30-13)17(19,20)21/h10H,5-9H2,1-4H3,(H,22,23,26). The maximum absolute atomic E-state index is 12.9. The Hall–Kier alpha value is -1.79. The first kappa shape index (κ1) is 24.5. The fraction of sp³-hybridized carbons (Fsp3) is 0.706. The Labute approximate surface area is 181 Å². The quantitative estimate of drug-likeness (QED) is 0.706. The van der Waals surface area contributed by atoms with Crippen molar-refractivity contribution in [2.45, 2.75) is 45.0 Å². The Morgan fingerprint density at radius 2 is 1.97 bits per heavy atom. The molecule has 0 saturated carbocycles. The highest BCUT2D eigenvalue weighted by Crippen LogP contribution is 2.39. The smallest absolute Gasteiger partial charge is 0.435 e. The minimum atomic E-state index is -4.71. The number of hydrogen-bond acceptors (Lipinski definition) is 6. The van der Waals surface area contributed by atoms with Crippen molar-refractivity contribution in [3.8, 4) is 0 Å². The number of nitrogens with one attached hydrogen (secondary N) is 1. The molecule has 13 heteroatoms. The first-order valence-electron chi connectivity index (χ1n) is 9.10. The van der Waals surface area contributed by atoms with Gasteiger partial charge in [-0.3, -0.25) is 5.32 Å². The Kier molecular flexibility index (Phi) is 7.80. The number of ether oxygens (including phenoxy) is 2. The van der Waals surface area contributed by atoms with E-state index in [0.717, 1.165) is 0 Å². The lowest BCUT2D eigenvalue weighted by molar-refractivity contribution is -0.140. The van der Waals surface area contributed by atoms with Gasteiger partial charge in [0.05, 0.1) is 6.04 Å². The maximum Gasteiger partial charge on any atom is 0.435 e. The van der Waals surface area contributed by atoms with Crippen LogP contribution in [0.15, 0.2) is 0 Å². The molecule has 0 bridgehead atoms. The lowest BCUT2D eigenvalue weighted by Gasteiger charge is -2.41. The maximum atomic E-state index is 12.9. The minimum absolute atomic E-state index is 0.171. The summed E-state index contributed by atoms with van der Waals surface area (Å²) in [4.78, 5) is 31.4. The van der Waals surface area contributed by atoms with Crippen molar-refractivity contribution in [2.24, 2.45) is 0 Å². The number of carbonyl (C=O) groups is 2. The lowest BCUT2D eigenvalue weighted by Crippen LogP contribution is -2.58. The van der Waals surface area contributed by atoms with Gasteiger partial charge in [0.2, 0.25) is 0 Å². The molecule has 1 aromatic heterocycles. The number of urea groups is 1. The number of nitrogens with zero attached hydrogens (tertiary/aromatic N) is 3. The van der Waals surface area contributed by atoms with Gasteiger partial charge in [0.1, 0.15) is 9.94 Å². The predicted molar refractivity (Wildman–Crippen MR) is 106 cm³/mol. The highest BCUT2D eigenvalue weighted by molar-refractivity contribution is 7.19. The monoisotopic (exact) mass is 472 g/mol. The topological polar surface area (TPSA) is 84.0 Å². The van der Waals surface area contributed by atoms with Gasteiger partial charge in [-0.1, -0.05) is 22.9 Å². The molecule has 0 spiro atoms. The molecule has 1 fully saturated rings. The van der Waals surface area contributed by atoms with Gasteiger partial charge in [-0.25, -0.2) is 14.6 Å². The van der Waals surface area contributed by atoms with Crippen molar-refractivity contribution in [1.29, 1.82) is 0 Å². The number of aromatic nitrogens is 1. The van der Waals surface area contributed by atoms with E-state index in [0.29, 0.717) is 24.4 Å². The van der Waals surface area contributed by atoms with Crippen LogP contribution in [-0.4, -0.2) is 71.9 Å². The number of thiazole rings is 1. The third-order valence-electron chi connectivity index (χ3n) is 4.12. The van der Waals surface area contributed by atoms with Crippen LogP contribution >= 0.6 is 22.9 Å². The third-order valence-corrected chi connectivity index (χ3v) is 5.29. The largest absolute Gasteiger partial charge is 0.444 e. The Bertz CT molecular complexity index is 769. The number of hydrogen-bond donors (Lipinski definition) is 1. The summed E-state index contributed by atoms with van der Waals surface area (Å²) in [7, 11) is 1.51. The average molecular weight is 473 g/mol. The molecular formula is C17H24ClF3N4O4S. The molecule has 1 saturated heterocycles. The zero-order chi connectivity index (χ0) is 22.7. The van der Waals surface area contributed by atoms with Crippen LogP contribution in [-0.2, 0) is 15.7 Å². The second-order valence-corrected chi connectivity index (χ2v) is 9.23. The van der Waals surface area contributed by atoms with E-state index in [1.807, 2.05) is 0 Å². The summed E-state index contributed by atoms with van der Waals surface area (Å²) in [5.41, 5.74) is -1.90. The molecule has 170 valence electrons. The first-order valence-corrected chi connectivity index (χ1v) is 10.3. The van der Waals surface area contributed by atoms with Crippen LogP contribution in [0, 0.1) is 0 Å². The van der Waals surface area contributed by atoms with Crippen molar-refractivity contribution in [3.05, 3.63) is 10.0 Å². The number of methoxy groups -OCH3 is 1. The second kappa shape index (κ2) is 9.56.